The zero-order valence-electron chi connectivity index (χ0n) is 22.2. The number of nitrogens with zero attached hydrogens (tertiary/aromatic N) is 3. The highest BCUT2D eigenvalue weighted by atomic mass is 32.2. The molecule has 2 heterocycles. The average molecular weight is 569 g/mol. The number of halogens is 2. The lowest BCUT2D eigenvalue weighted by molar-refractivity contribution is 0.172. The maximum Gasteiger partial charge on any atom is 0.268 e. The molecule has 40 heavy (non-hydrogen) atoms. The second-order valence-corrected chi connectivity index (χ2v) is 11.5. The molecule has 1 aliphatic heterocycles. The predicted molar refractivity (Wildman–Crippen MR) is 148 cm³/mol. The summed E-state index contributed by atoms with van der Waals surface area (Å²) in [7, 11) is -2.85. The van der Waals surface area contributed by atoms with Crippen LogP contribution in [0, 0.1) is 18.6 Å². The molecule has 0 bridgehead atoms. The number of likely N-dealkylation sites (tertiary alicyclic amines) is 1. The fourth-order valence-electron chi connectivity index (χ4n) is 4.60. The molecular formula is C29H30F2N4O4S. The number of nitrogens with one attached hydrogen (secondary N) is 1. The van der Waals surface area contributed by atoms with Crippen LogP contribution in [0.5, 0.6) is 5.75 Å². The van der Waals surface area contributed by atoms with E-state index in [1.54, 1.807) is 37.3 Å². The number of methoxy groups -OCH3 is 1. The monoisotopic (exact) mass is 568 g/mol. The average Bonchev–Trinajstić information content (AvgIpc) is 3.45. The van der Waals surface area contributed by atoms with E-state index in [1.165, 1.54) is 31.6 Å². The standard InChI is InChI=1S/C29H30F2N4O4S/c1-20-15-28(40(36,37)35(29-11-14-39-33-29)18-21-7-9-23(38-2)10-8-21)26(31)16-27(20)32-17-24-22(5-3-6-25(24)30)19-34-12-4-13-34/h3,5-11,14-16,32H,4,12-13,17-19H2,1-2H3. The smallest absolute Gasteiger partial charge is 0.268 e. The van der Waals surface area contributed by atoms with E-state index in [0.29, 0.717) is 34.7 Å². The molecule has 4 aromatic rings. The number of ether oxygens (including phenoxy) is 1. The van der Waals surface area contributed by atoms with E-state index in [4.69, 9.17) is 9.26 Å². The van der Waals surface area contributed by atoms with Gasteiger partial charge in [-0.15, -0.1) is 0 Å². The van der Waals surface area contributed by atoms with Crippen molar-refractivity contribution in [1.29, 1.82) is 0 Å². The van der Waals surface area contributed by atoms with E-state index < -0.39 is 20.7 Å². The molecule has 1 aliphatic rings. The van der Waals surface area contributed by atoms with Crippen molar-refractivity contribution in [1.82, 2.24) is 10.1 Å². The van der Waals surface area contributed by atoms with Gasteiger partial charge in [-0.3, -0.25) is 4.90 Å². The Morgan fingerprint density at radius 1 is 1.07 bits per heavy atom. The van der Waals surface area contributed by atoms with Crippen LogP contribution in [-0.2, 0) is 29.7 Å². The summed E-state index contributed by atoms with van der Waals surface area (Å²) in [6.45, 7) is 4.30. The second kappa shape index (κ2) is 11.6. The molecular weight excluding hydrogens is 538 g/mol. The van der Waals surface area contributed by atoms with Gasteiger partial charge in [0.25, 0.3) is 10.0 Å². The number of anilines is 2. The fraction of sp³-hybridized carbons (Fsp3) is 0.276. The summed E-state index contributed by atoms with van der Waals surface area (Å²) < 4.78 is 68.8. The molecule has 1 fully saturated rings. The molecule has 3 aromatic carbocycles. The van der Waals surface area contributed by atoms with Gasteiger partial charge in [-0.1, -0.05) is 29.4 Å². The van der Waals surface area contributed by atoms with E-state index in [-0.39, 0.29) is 24.7 Å². The quantitative estimate of drug-likeness (QED) is 0.256. The third-order valence-electron chi connectivity index (χ3n) is 7.03. The molecule has 0 amide bonds. The van der Waals surface area contributed by atoms with E-state index in [2.05, 4.69) is 15.4 Å². The van der Waals surface area contributed by atoms with E-state index >= 15 is 4.39 Å². The third-order valence-corrected chi connectivity index (χ3v) is 8.79. The van der Waals surface area contributed by atoms with Crippen molar-refractivity contribution in [2.75, 3.05) is 29.8 Å². The number of sulfonamides is 1. The Hall–Kier alpha value is -3.96. The summed E-state index contributed by atoms with van der Waals surface area (Å²) in [6, 6.07) is 15.6. The van der Waals surface area contributed by atoms with Crippen molar-refractivity contribution in [2.45, 2.75) is 37.9 Å². The number of benzene rings is 3. The molecule has 0 unspecified atom stereocenters. The first-order chi connectivity index (χ1) is 19.3. The van der Waals surface area contributed by atoms with E-state index in [0.717, 1.165) is 35.4 Å². The molecule has 0 saturated carbocycles. The highest BCUT2D eigenvalue weighted by Gasteiger charge is 2.31. The summed E-state index contributed by atoms with van der Waals surface area (Å²) in [5, 5.41) is 6.89. The van der Waals surface area contributed by atoms with Gasteiger partial charge < -0.3 is 14.6 Å². The Labute approximate surface area is 232 Å². The van der Waals surface area contributed by atoms with Crippen LogP contribution in [0.1, 0.15) is 28.7 Å². The van der Waals surface area contributed by atoms with Crippen molar-refractivity contribution in [3.05, 3.63) is 101 Å². The molecule has 1 N–H and O–H groups in total. The SMILES string of the molecule is COc1ccc(CN(c2ccon2)S(=O)(=O)c2cc(C)c(NCc3c(F)cccc3CN3CCC3)cc2F)cc1. The molecule has 5 rings (SSSR count). The molecule has 1 aromatic heterocycles. The van der Waals surface area contributed by atoms with Crippen LogP contribution in [-0.4, -0.2) is 38.7 Å². The lowest BCUT2D eigenvalue weighted by atomic mass is 10.0. The first-order valence-corrected chi connectivity index (χ1v) is 14.3. The topological polar surface area (TPSA) is 87.9 Å². The van der Waals surface area contributed by atoms with Gasteiger partial charge in [0.1, 0.15) is 28.5 Å². The van der Waals surface area contributed by atoms with Crippen molar-refractivity contribution >= 4 is 21.5 Å². The first kappa shape index (κ1) is 27.6. The largest absolute Gasteiger partial charge is 0.497 e. The normalized spacial score (nSPS) is 13.6. The summed E-state index contributed by atoms with van der Waals surface area (Å²) in [5.74, 6) is -0.646. The van der Waals surface area contributed by atoms with E-state index in [1.807, 2.05) is 6.07 Å². The Morgan fingerprint density at radius 3 is 2.50 bits per heavy atom. The maximum atomic E-state index is 15.5. The minimum atomic E-state index is -4.39. The summed E-state index contributed by atoms with van der Waals surface area (Å²) in [6.07, 6.45) is 2.38. The van der Waals surface area contributed by atoms with Gasteiger partial charge in [0, 0.05) is 30.4 Å². The Kier molecular flexibility index (Phi) is 8.04. The molecule has 0 aliphatic carbocycles. The van der Waals surface area contributed by atoms with Gasteiger partial charge in [-0.05, 0) is 73.5 Å². The summed E-state index contributed by atoms with van der Waals surface area (Å²) in [5.41, 5.74) is 2.87. The van der Waals surface area contributed by atoms with Crippen molar-refractivity contribution in [3.63, 3.8) is 0 Å². The van der Waals surface area contributed by atoms with Crippen molar-refractivity contribution in [3.8, 4) is 5.75 Å². The van der Waals surface area contributed by atoms with Crippen LogP contribution in [0.2, 0.25) is 0 Å². The zero-order valence-corrected chi connectivity index (χ0v) is 23.0. The molecule has 8 nitrogen and oxygen atoms in total. The van der Waals surface area contributed by atoms with Gasteiger partial charge in [0.15, 0.2) is 5.82 Å². The van der Waals surface area contributed by atoms with Crippen LogP contribution in [0.25, 0.3) is 0 Å². The number of aromatic nitrogens is 1. The van der Waals surface area contributed by atoms with E-state index in [9.17, 15) is 12.8 Å². The van der Waals surface area contributed by atoms with Gasteiger partial charge in [-0.25, -0.2) is 21.5 Å². The van der Waals surface area contributed by atoms with Gasteiger partial charge >= 0.3 is 0 Å². The van der Waals surface area contributed by atoms with Crippen LogP contribution in [0.15, 0.2) is 76.3 Å². The lowest BCUT2D eigenvalue weighted by Crippen LogP contribution is -2.36. The van der Waals surface area contributed by atoms with Gasteiger partial charge in [0.2, 0.25) is 0 Å². The Bertz CT molecular complexity index is 1570. The highest BCUT2D eigenvalue weighted by molar-refractivity contribution is 7.92. The number of hydrogen-bond acceptors (Lipinski definition) is 7. The van der Waals surface area contributed by atoms with Gasteiger partial charge in [-0.2, -0.15) is 0 Å². The number of rotatable bonds is 11. The van der Waals surface area contributed by atoms with Crippen LogP contribution in [0.3, 0.4) is 0 Å². The van der Waals surface area contributed by atoms with Crippen LogP contribution >= 0.6 is 0 Å². The predicted octanol–water partition coefficient (Wildman–Crippen LogP) is 5.48. The minimum absolute atomic E-state index is 0.0179. The van der Waals surface area contributed by atoms with Crippen LogP contribution in [0.4, 0.5) is 20.3 Å². The number of hydrogen-bond donors (Lipinski definition) is 1. The van der Waals surface area contributed by atoms with Crippen molar-refractivity contribution < 1.29 is 26.5 Å². The molecule has 1 saturated heterocycles. The van der Waals surface area contributed by atoms with Crippen molar-refractivity contribution in [2.24, 2.45) is 0 Å². The molecule has 0 spiro atoms. The molecule has 210 valence electrons. The molecule has 11 heteroatoms. The summed E-state index contributed by atoms with van der Waals surface area (Å²) >= 11 is 0. The summed E-state index contributed by atoms with van der Waals surface area (Å²) in [4.78, 5) is 1.73. The molecule has 0 radical (unpaired) electrons. The first-order valence-electron chi connectivity index (χ1n) is 12.8. The second-order valence-electron chi connectivity index (χ2n) is 9.68. The Balaban J connectivity index is 1.40. The third kappa shape index (κ3) is 5.80. The number of aryl methyl sites for hydroxylation is 1. The minimum Gasteiger partial charge on any atom is -0.497 e. The van der Waals surface area contributed by atoms with Gasteiger partial charge in [0.05, 0.1) is 13.7 Å². The Morgan fingerprint density at radius 2 is 1.85 bits per heavy atom. The highest BCUT2D eigenvalue weighted by Crippen LogP contribution is 2.31. The maximum absolute atomic E-state index is 15.5. The van der Waals surface area contributed by atoms with Crippen LogP contribution < -0.4 is 14.4 Å². The zero-order chi connectivity index (χ0) is 28.3. The fourth-order valence-corrected chi connectivity index (χ4v) is 6.12. The molecule has 0 atom stereocenters. The lowest BCUT2D eigenvalue weighted by Gasteiger charge is -2.31.